The maximum atomic E-state index is 12.1. The SMILES string of the molecule is COCc1nc(NCc2ccc(OC)c(C(=O)OC)c2)c2c(-c3ccccc3)csc2n1. The Morgan fingerprint density at radius 3 is 2.59 bits per heavy atom. The molecule has 7 nitrogen and oxygen atoms in total. The molecule has 0 saturated heterocycles. The Morgan fingerprint density at radius 1 is 1.06 bits per heavy atom. The summed E-state index contributed by atoms with van der Waals surface area (Å²) in [5, 5.41) is 6.49. The second-order valence-corrected chi connectivity index (χ2v) is 7.85. The van der Waals surface area contributed by atoms with Crippen molar-refractivity contribution in [1.82, 2.24) is 9.97 Å². The number of ether oxygens (including phenoxy) is 3. The number of hydrogen-bond acceptors (Lipinski definition) is 8. The number of esters is 1. The molecule has 0 spiro atoms. The fourth-order valence-corrected chi connectivity index (χ4v) is 4.42. The molecule has 0 aliphatic heterocycles. The summed E-state index contributed by atoms with van der Waals surface area (Å²) in [5.74, 6) is 1.35. The Balaban J connectivity index is 1.72. The van der Waals surface area contributed by atoms with Crippen LogP contribution in [-0.4, -0.2) is 37.3 Å². The number of hydrogen-bond donors (Lipinski definition) is 1. The highest BCUT2D eigenvalue weighted by Crippen LogP contribution is 2.37. The van der Waals surface area contributed by atoms with Crippen molar-refractivity contribution in [1.29, 1.82) is 0 Å². The number of nitrogens with one attached hydrogen (secondary N) is 1. The van der Waals surface area contributed by atoms with Crippen molar-refractivity contribution in [3.05, 3.63) is 70.9 Å². The monoisotopic (exact) mass is 449 g/mol. The largest absolute Gasteiger partial charge is 0.496 e. The van der Waals surface area contributed by atoms with Crippen LogP contribution in [0.25, 0.3) is 21.3 Å². The molecule has 0 aliphatic carbocycles. The Morgan fingerprint density at radius 2 is 1.88 bits per heavy atom. The topological polar surface area (TPSA) is 82.6 Å². The molecule has 4 rings (SSSR count). The first-order valence-electron chi connectivity index (χ1n) is 9.96. The number of rotatable bonds is 8. The lowest BCUT2D eigenvalue weighted by atomic mass is 10.1. The van der Waals surface area contributed by atoms with E-state index in [0.717, 1.165) is 32.7 Å². The van der Waals surface area contributed by atoms with Crippen molar-refractivity contribution < 1.29 is 19.0 Å². The molecule has 1 N–H and O–H groups in total. The van der Waals surface area contributed by atoms with Gasteiger partial charge in [0.25, 0.3) is 0 Å². The van der Waals surface area contributed by atoms with Gasteiger partial charge in [0.05, 0.1) is 19.6 Å². The van der Waals surface area contributed by atoms with Gasteiger partial charge in [0.15, 0.2) is 5.82 Å². The van der Waals surface area contributed by atoms with E-state index in [2.05, 4.69) is 27.8 Å². The summed E-state index contributed by atoms with van der Waals surface area (Å²) in [5.41, 5.74) is 3.44. The van der Waals surface area contributed by atoms with Gasteiger partial charge in [-0.15, -0.1) is 11.3 Å². The molecule has 0 atom stereocenters. The van der Waals surface area contributed by atoms with E-state index in [4.69, 9.17) is 19.2 Å². The van der Waals surface area contributed by atoms with Crippen molar-refractivity contribution >= 4 is 33.3 Å². The van der Waals surface area contributed by atoms with Gasteiger partial charge in [-0.25, -0.2) is 14.8 Å². The quantitative estimate of drug-likeness (QED) is 0.383. The Labute approximate surface area is 190 Å². The molecule has 0 unspecified atom stereocenters. The molecule has 0 saturated carbocycles. The van der Waals surface area contributed by atoms with Crippen LogP contribution in [0, 0.1) is 0 Å². The standard InChI is InChI=1S/C24H23N3O4S/c1-29-13-20-26-22(21-18(14-32-23(21)27-20)16-7-5-4-6-8-16)25-12-15-9-10-19(30-2)17(11-15)24(28)31-3/h4-11,14H,12-13H2,1-3H3,(H,25,26,27). The van der Waals surface area contributed by atoms with Crippen LogP contribution in [0.5, 0.6) is 5.75 Å². The van der Waals surface area contributed by atoms with Crippen molar-refractivity contribution in [2.75, 3.05) is 26.6 Å². The lowest BCUT2D eigenvalue weighted by molar-refractivity contribution is 0.0597. The van der Waals surface area contributed by atoms with Crippen molar-refractivity contribution in [3.63, 3.8) is 0 Å². The summed E-state index contributed by atoms with van der Waals surface area (Å²) < 4.78 is 15.4. The third kappa shape index (κ3) is 4.42. The molecular weight excluding hydrogens is 426 g/mol. The average molecular weight is 450 g/mol. The minimum absolute atomic E-state index is 0.318. The predicted molar refractivity (Wildman–Crippen MR) is 125 cm³/mol. The zero-order valence-electron chi connectivity index (χ0n) is 18.0. The molecule has 2 aromatic heterocycles. The minimum Gasteiger partial charge on any atom is -0.496 e. The Bertz CT molecular complexity index is 1240. The third-order valence-electron chi connectivity index (χ3n) is 4.97. The molecule has 2 heterocycles. The Hall–Kier alpha value is -3.49. The minimum atomic E-state index is -0.445. The van der Waals surface area contributed by atoms with Crippen LogP contribution in [0.1, 0.15) is 21.7 Å². The average Bonchev–Trinajstić information content (AvgIpc) is 3.27. The maximum absolute atomic E-state index is 12.1. The summed E-state index contributed by atoms with van der Waals surface area (Å²) in [6.45, 7) is 0.773. The van der Waals surface area contributed by atoms with Crippen molar-refractivity contribution in [3.8, 4) is 16.9 Å². The first-order chi connectivity index (χ1) is 15.6. The van der Waals surface area contributed by atoms with Crippen LogP contribution in [0.2, 0.25) is 0 Å². The summed E-state index contributed by atoms with van der Waals surface area (Å²) in [4.78, 5) is 22.4. The molecule has 0 aliphatic rings. The smallest absolute Gasteiger partial charge is 0.341 e. The number of thiophene rings is 1. The molecule has 32 heavy (non-hydrogen) atoms. The molecule has 0 fully saturated rings. The zero-order valence-corrected chi connectivity index (χ0v) is 18.9. The van der Waals surface area contributed by atoms with E-state index >= 15 is 0 Å². The van der Waals surface area contributed by atoms with Crippen LogP contribution in [0.3, 0.4) is 0 Å². The van der Waals surface area contributed by atoms with Gasteiger partial charge in [-0.1, -0.05) is 36.4 Å². The molecule has 0 radical (unpaired) electrons. The van der Waals surface area contributed by atoms with Gasteiger partial charge in [0.1, 0.15) is 28.6 Å². The van der Waals surface area contributed by atoms with Gasteiger partial charge >= 0.3 is 5.97 Å². The second kappa shape index (κ2) is 9.76. The molecule has 2 aromatic carbocycles. The molecule has 0 amide bonds. The highest BCUT2D eigenvalue weighted by Gasteiger charge is 2.17. The second-order valence-electron chi connectivity index (χ2n) is 7.00. The zero-order chi connectivity index (χ0) is 22.5. The van der Waals surface area contributed by atoms with Crippen LogP contribution in [0.4, 0.5) is 5.82 Å². The van der Waals surface area contributed by atoms with E-state index in [9.17, 15) is 4.79 Å². The van der Waals surface area contributed by atoms with Crippen LogP contribution in [0.15, 0.2) is 53.9 Å². The van der Waals surface area contributed by atoms with Gasteiger partial charge in [0.2, 0.25) is 0 Å². The summed E-state index contributed by atoms with van der Waals surface area (Å²) in [6.07, 6.45) is 0. The van der Waals surface area contributed by atoms with Crippen molar-refractivity contribution in [2.45, 2.75) is 13.2 Å². The lowest BCUT2D eigenvalue weighted by Gasteiger charge is -2.12. The number of carbonyl (C=O) groups excluding carboxylic acids is 1. The van der Waals surface area contributed by atoms with Crippen LogP contribution >= 0.6 is 11.3 Å². The summed E-state index contributed by atoms with van der Waals surface area (Å²) in [7, 11) is 4.50. The highest BCUT2D eigenvalue weighted by atomic mass is 32.1. The summed E-state index contributed by atoms with van der Waals surface area (Å²) in [6, 6.07) is 15.6. The van der Waals surface area contributed by atoms with Gasteiger partial charge < -0.3 is 19.5 Å². The van der Waals surface area contributed by atoms with Crippen LogP contribution in [-0.2, 0) is 22.6 Å². The number of methoxy groups -OCH3 is 3. The molecule has 0 bridgehead atoms. The van der Waals surface area contributed by atoms with E-state index in [1.54, 1.807) is 30.6 Å². The first-order valence-corrected chi connectivity index (χ1v) is 10.8. The molecule has 4 aromatic rings. The normalized spacial score (nSPS) is 10.8. The number of nitrogens with zero attached hydrogens (tertiary/aromatic N) is 2. The lowest BCUT2D eigenvalue weighted by Crippen LogP contribution is -2.08. The maximum Gasteiger partial charge on any atom is 0.341 e. The summed E-state index contributed by atoms with van der Waals surface area (Å²) >= 11 is 1.57. The van der Waals surface area contributed by atoms with Gasteiger partial charge in [-0.2, -0.15) is 0 Å². The van der Waals surface area contributed by atoms with E-state index in [-0.39, 0.29) is 0 Å². The fourth-order valence-electron chi connectivity index (χ4n) is 3.46. The van der Waals surface area contributed by atoms with Crippen molar-refractivity contribution in [2.24, 2.45) is 0 Å². The Kier molecular flexibility index (Phi) is 6.63. The number of carbonyl (C=O) groups is 1. The van der Waals surface area contributed by atoms with Gasteiger partial charge in [-0.05, 0) is 23.3 Å². The third-order valence-corrected chi connectivity index (χ3v) is 5.84. The fraction of sp³-hybridized carbons (Fsp3) is 0.208. The number of anilines is 1. The number of benzene rings is 2. The van der Waals surface area contributed by atoms with E-state index in [1.165, 1.54) is 14.2 Å². The molecule has 164 valence electrons. The molecule has 8 heteroatoms. The predicted octanol–water partition coefficient (Wildman–Crippen LogP) is 4.91. The molecular formula is C24H23N3O4S. The van der Waals surface area contributed by atoms with Crippen LogP contribution < -0.4 is 10.1 Å². The van der Waals surface area contributed by atoms with E-state index in [1.807, 2.05) is 24.3 Å². The number of aromatic nitrogens is 2. The highest BCUT2D eigenvalue weighted by molar-refractivity contribution is 7.17. The number of fused-ring (bicyclic) bond motifs is 1. The van der Waals surface area contributed by atoms with Gasteiger partial charge in [0, 0.05) is 24.6 Å². The van der Waals surface area contributed by atoms with E-state index in [0.29, 0.717) is 30.3 Å². The van der Waals surface area contributed by atoms with E-state index < -0.39 is 5.97 Å². The van der Waals surface area contributed by atoms with Gasteiger partial charge in [-0.3, -0.25) is 0 Å². The first kappa shape index (κ1) is 21.7.